The van der Waals surface area contributed by atoms with E-state index in [4.69, 9.17) is 4.74 Å². The van der Waals surface area contributed by atoms with Gasteiger partial charge in [0.25, 0.3) is 5.69 Å². The summed E-state index contributed by atoms with van der Waals surface area (Å²) in [6, 6.07) is 6.16. The summed E-state index contributed by atoms with van der Waals surface area (Å²) in [6.45, 7) is 4.28. The van der Waals surface area contributed by atoms with Gasteiger partial charge in [0.2, 0.25) is 11.9 Å². The summed E-state index contributed by atoms with van der Waals surface area (Å²) < 4.78 is 4.97. The third-order valence-corrected chi connectivity index (χ3v) is 3.52. The first kappa shape index (κ1) is 19.1. The number of nitro groups is 1. The minimum Gasteiger partial charge on any atom is -0.496 e. The van der Waals surface area contributed by atoms with Crippen molar-refractivity contribution in [1.29, 1.82) is 0 Å². The second-order valence-electron chi connectivity index (χ2n) is 5.69. The molecule has 1 amide bonds. The second-order valence-corrected chi connectivity index (χ2v) is 5.69. The zero-order valence-electron chi connectivity index (χ0n) is 14.9. The van der Waals surface area contributed by atoms with E-state index in [9.17, 15) is 14.9 Å². The number of carbonyl (C=O) groups is 1. The van der Waals surface area contributed by atoms with Crippen LogP contribution in [0.4, 0.5) is 17.3 Å². The summed E-state index contributed by atoms with van der Waals surface area (Å²) in [5, 5.41) is 16.7. The Bertz CT molecular complexity index is 789. The van der Waals surface area contributed by atoms with Gasteiger partial charge >= 0.3 is 0 Å². The number of hydrogen-bond acceptors (Lipinski definition) is 7. The fourth-order valence-electron chi connectivity index (χ4n) is 2.36. The molecule has 0 aliphatic carbocycles. The Morgan fingerprint density at radius 3 is 2.54 bits per heavy atom. The Balaban J connectivity index is 1.86. The molecular formula is C17H21N5O4. The lowest BCUT2D eigenvalue weighted by molar-refractivity contribution is -0.384. The zero-order valence-corrected chi connectivity index (χ0v) is 14.9. The van der Waals surface area contributed by atoms with E-state index in [1.54, 1.807) is 6.07 Å². The molecule has 0 bridgehead atoms. The number of hydrogen-bond donors (Lipinski definition) is 2. The van der Waals surface area contributed by atoms with Gasteiger partial charge in [-0.25, -0.2) is 9.97 Å². The number of nitro benzene ring substituents is 1. The first-order chi connectivity index (χ1) is 12.4. The van der Waals surface area contributed by atoms with Crippen LogP contribution >= 0.6 is 0 Å². The number of nitrogens with zero attached hydrogens (tertiary/aromatic N) is 3. The van der Waals surface area contributed by atoms with Crippen molar-refractivity contribution < 1.29 is 14.5 Å². The lowest BCUT2D eigenvalue weighted by Crippen LogP contribution is -2.15. The lowest BCUT2D eigenvalue weighted by Gasteiger charge is -2.08. The van der Waals surface area contributed by atoms with Gasteiger partial charge in [-0.05, 0) is 38.5 Å². The number of aromatic nitrogens is 2. The molecule has 0 fully saturated rings. The molecule has 9 heteroatoms. The number of methoxy groups -OCH3 is 1. The van der Waals surface area contributed by atoms with E-state index in [-0.39, 0.29) is 23.7 Å². The van der Waals surface area contributed by atoms with Gasteiger partial charge in [-0.15, -0.1) is 0 Å². The van der Waals surface area contributed by atoms with Crippen LogP contribution in [0.2, 0.25) is 0 Å². The number of nitrogens with one attached hydrogen (secondary N) is 2. The molecule has 2 N–H and O–H groups in total. The van der Waals surface area contributed by atoms with Crippen LogP contribution in [0, 0.1) is 24.0 Å². The molecular weight excluding hydrogens is 338 g/mol. The summed E-state index contributed by atoms with van der Waals surface area (Å²) >= 11 is 0. The van der Waals surface area contributed by atoms with Gasteiger partial charge in [0.05, 0.1) is 18.1 Å². The molecule has 0 aliphatic rings. The largest absolute Gasteiger partial charge is 0.496 e. The van der Waals surface area contributed by atoms with E-state index < -0.39 is 4.92 Å². The molecule has 26 heavy (non-hydrogen) atoms. The maximum absolute atomic E-state index is 12.0. The van der Waals surface area contributed by atoms with Crippen LogP contribution in [0.5, 0.6) is 5.75 Å². The number of amides is 1. The van der Waals surface area contributed by atoms with E-state index in [0.717, 1.165) is 11.4 Å². The average Bonchev–Trinajstić information content (AvgIpc) is 2.58. The van der Waals surface area contributed by atoms with Crippen LogP contribution < -0.4 is 15.4 Å². The monoisotopic (exact) mass is 359 g/mol. The molecule has 138 valence electrons. The topological polar surface area (TPSA) is 119 Å². The molecule has 2 aromatic rings. The van der Waals surface area contributed by atoms with Crippen molar-refractivity contribution in [3.63, 3.8) is 0 Å². The highest BCUT2D eigenvalue weighted by atomic mass is 16.6. The van der Waals surface area contributed by atoms with Crippen molar-refractivity contribution in [2.24, 2.45) is 0 Å². The Morgan fingerprint density at radius 2 is 1.92 bits per heavy atom. The van der Waals surface area contributed by atoms with Gasteiger partial charge in [0.15, 0.2) is 0 Å². The highest BCUT2D eigenvalue weighted by Crippen LogP contribution is 2.29. The van der Waals surface area contributed by atoms with Crippen LogP contribution in [0.25, 0.3) is 0 Å². The molecule has 1 aromatic carbocycles. The maximum atomic E-state index is 12.0. The van der Waals surface area contributed by atoms with Gasteiger partial charge in [0.1, 0.15) is 11.4 Å². The van der Waals surface area contributed by atoms with E-state index in [1.165, 1.54) is 19.2 Å². The van der Waals surface area contributed by atoms with Gasteiger partial charge in [0, 0.05) is 24.4 Å². The number of rotatable bonds is 8. The van der Waals surface area contributed by atoms with Crippen LogP contribution in [-0.2, 0) is 4.79 Å². The van der Waals surface area contributed by atoms with E-state index in [2.05, 4.69) is 20.6 Å². The van der Waals surface area contributed by atoms with Crippen LogP contribution in [0.3, 0.4) is 0 Å². The first-order valence-corrected chi connectivity index (χ1v) is 8.07. The van der Waals surface area contributed by atoms with Crippen molar-refractivity contribution >= 4 is 23.2 Å². The van der Waals surface area contributed by atoms with Crippen molar-refractivity contribution in [2.45, 2.75) is 26.7 Å². The van der Waals surface area contributed by atoms with Crippen molar-refractivity contribution in [3.05, 3.63) is 45.8 Å². The van der Waals surface area contributed by atoms with Gasteiger partial charge in [-0.3, -0.25) is 14.9 Å². The molecule has 0 saturated carbocycles. The molecule has 2 rings (SSSR count). The number of aryl methyl sites for hydroxylation is 2. The third-order valence-electron chi connectivity index (χ3n) is 3.52. The minimum absolute atomic E-state index is 0.145. The Kier molecular flexibility index (Phi) is 6.42. The summed E-state index contributed by atoms with van der Waals surface area (Å²) in [4.78, 5) is 31.1. The van der Waals surface area contributed by atoms with Gasteiger partial charge in [-0.2, -0.15) is 0 Å². The van der Waals surface area contributed by atoms with E-state index in [1.807, 2.05) is 19.9 Å². The highest BCUT2D eigenvalue weighted by molar-refractivity contribution is 5.93. The molecule has 9 nitrogen and oxygen atoms in total. The summed E-state index contributed by atoms with van der Waals surface area (Å²) in [7, 11) is 1.42. The molecule has 0 saturated heterocycles. The number of anilines is 2. The first-order valence-electron chi connectivity index (χ1n) is 8.07. The number of ether oxygens (including phenoxy) is 1. The Morgan fingerprint density at radius 1 is 1.23 bits per heavy atom. The standard InChI is InChI=1S/C17H21N5O4/c1-11-9-12(2)20-17(19-11)18-8-4-5-16(23)21-14-7-6-13(26-3)10-15(14)22(24)25/h6-7,9-10H,4-5,8H2,1-3H3,(H,21,23)(H,18,19,20). The van der Waals surface area contributed by atoms with Crippen molar-refractivity contribution in [1.82, 2.24) is 9.97 Å². The van der Waals surface area contributed by atoms with Gasteiger partial charge < -0.3 is 15.4 Å². The highest BCUT2D eigenvalue weighted by Gasteiger charge is 2.17. The molecule has 0 unspecified atom stereocenters. The molecule has 0 radical (unpaired) electrons. The summed E-state index contributed by atoms with van der Waals surface area (Å²) in [6.07, 6.45) is 0.743. The molecule has 1 aromatic heterocycles. The van der Waals surface area contributed by atoms with E-state index in [0.29, 0.717) is 24.7 Å². The minimum atomic E-state index is -0.558. The smallest absolute Gasteiger partial charge is 0.296 e. The number of carbonyl (C=O) groups excluding carboxylic acids is 1. The summed E-state index contributed by atoms with van der Waals surface area (Å²) in [5.41, 5.74) is 1.67. The average molecular weight is 359 g/mol. The molecule has 1 heterocycles. The number of benzene rings is 1. The molecule has 0 aliphatic heterocycles. The lowest BCUT2D eigenvalue weighted by atomic mass is 10.2. The van der Waals surface area contributed by atoms with Crippen LogP contribution in [0.15, 0.2) is 24.3 Å². The Hall–Kier alpha value is -3.23. The quantitative estimate of drug-likeness (QED) is 0.422. The van der Waals surface area contributed by atoms with Crippen LogP contribution in [-0.4, -0.2) is 34.5 Å². The fourth-order valence-corrected chi connectivity index (χ4v) is 2.36. The predicted octanol–water partition coefficient (Wildman–Crippen LogP) is 2.84. The predicted molar refractivity (Wildman–Crippen MR) is 97.5 cm³/mol. The fraction of sp³-hybridized carbons (Fsp3) is 0.353. The van der Waals surface area contributed by atoms with Gasteiger partial charge in [-0.1, -0.05) is 0 Å². The Labute approximate surface area is 151 Å². The maximum Gasteiger partial charge on any atom is 0.296 e. The van der Waals surface area contributed by atoms with Crippen LogP contribution in [0.1, 0.15) is 24.2 Å². The van der Waals surface area contributed by atoms with Crippen molar-refractivity contribution in [3.8, 4) is 5.75 Å². The van der Waals surface area contributed by atoms with E-state index >= 15 is 0 Å². The molecule has 0 atom stereocenters. The second kappa shape index (κ2) is 8.75. The SMILES string of the molecule is COc1ccc(NC(=O)CCCNc2nc(C)cc(C)n2)c([N+](=O)[O-])c1. The third kappa shape index (κ3) is 5.40. The normalized spacial score (nSPS) is 10.3. The zero-order chi connectivity index (χ0) is 19.1. The summed E-state index contributed by atoms with van der Waals surface area (Å²) in [5.74, 6) is 0.572. The molecule has 0 spiro atoms. The van der Waals surface area contributed by atoms with Crippen molar-refractivity contribution in [2.75, 3.05) is 24.3 Å².